The van der Waals surface area contributed by atoms with Crippen LogP contribution in [0.2, 0.25) is 0 Å². The molecule has 1 unspecified atom stereocenters. The molecule has 1 aliphatic heterocycles. The van der Waals surface area contributed by atoms with Gasteiger partial charge in [0.15, 0.2) is 0 Å². The Bertz CT molecular complexity index is 701. The van der Waals surface area contributed by atoms with Crippen LogP contribution in [0.4, 0.5) is 23.7 Å². The number of nitrogens with zero attached hydrogens (tertiary/aromatic N) is 2. The van der Waals surface area contributed by atoms with Crippen molar-refractivity contribution in [2.75, 3.05) is 25.0 Å². The summed E-state index contributed by atoms with van der Waals surface area (Å²) >= 11 is 3.32. The van der Waals surface area contributed by atoms with E-state index < -0.39 is 17.3 Å². The number of hydrogen-bond acceptors (Lipinski definition) is 3. The molecule has 8 heteroatoms. The molecule has 1 aromatic carbocycles. The first-order chi connectivity index (χ1) is 12.3. The summed E-state index contributed by atoms with van der Waals surface area (Å²) in [5.41, 5.74) is 0.133. The lowest BCUT2D eigenvalue weighted by molar-refractivity contribution is -0.137. The Labute approximate surface area is 166 Å². The highest BCUT2D eigenvalue weighted by Gasteiger charge is 2.35. The maximum atomic E-state index is 13.1. The summed E-state index contributed by atoms with van der Waals surface area (Å²) in [4.78, 5) is 15.9. The Morgan fingerprint density at radius 1 is 1.33 bits per heavy atom. The average Bonchev–Trinajstić information content (AvgIpc) is 3.01. The second-order valence-corrected chi connectivity index (χ2v) is 8.65. The van der Waals surface area contributed by atoms with Gasteiger partial charge in [-0.2, -0.15) is 13.2 Å². The number of carbonyl (C=O) groups is 1. The van der Waals surface area contributed by atoms with Crippen LogP contribution in [0.1, 0.15) is 45.2 Å². The first kappa shape index (κ1) is 21.9. The lowest BCUT2D eigenvalue weighted by atomic mass is 10.0. The molecule has 0 aliphatic carbocycles. The van der Waals surface area contributed by atoms with Crippen molar-refractivity contribution < 1.29 is 22.7 Å². The smallest absolute Gasteiger partial charge is 0.416 e. The zero-order valence-electron chi connectivity index (χ0n) is 16.3. The number of anilines is 1. The second-order valence-electron chi connectivity index (χ2n) is 7.80. The SMILES string of the molecule is CCc1cc(C(F)(F)F)cc(Br)c1N(C)C1CCN(C(=O)OC(C)(C)C)C1. The summed E-state index contributed by atoms with van der Waals surface area (Å²) in [6.45, 7) is 8.32. The molecule has 0 aromatic heterocycles. The van der Waals surface area contributed by atoms with Crippen LogP contribution in [0.25, 0.3) is 0 Å². The van der Waals surface area contributed by atoms with Crippen LogP contribution in [0.15, 0.2) is 16.6 Å². The molecule has 0 spiro atoms. The first-order valence-electron chi connectivity index (χ1n) is 8.94. The van der Waals surface area contributed by atoms with Crippen molar-refractivity contribution in [1.82, 2.24) is 4.90 Å². The van der Waals surface area contributed by atoms with Gasteiger partial charge < -0.3 is 14.5 Å². The molecule has 1 aromatic rings. The predicted molar refractivity (Wildman–Crippen MR) is 103 cm³/mol. The molecule has 1 fully saturated rings. The Morgan fingerprint density at radius 2 is 1.96 bits per heavy atom. The van der Waals surface area contributed by atoms with E-state index in [9.17, 15) is 18.0 Å². The van der Waals surface area contributed by atoms with E-state index in [4.69, 9.17) is 4.74 Å². The van der Waals surface area contributed by atoms with E-state index in [2.05, 4.69) is 15.9 Å². The van der Waals surface area contributed by atoms with Gasteiger partial charge >= 0.3 is 12.3 Å². The number of halogens is 4. The molecule has 1 saturated heterocycles. The Morgan fingerprint density at radius 3 is 2.48 bits per heavy atom. The van der Waals surface area contributed by atoms with Gasteiger partial charge in [0.1, 0.15) is 5.60 Å². The minimum absolute atomic E-state index is 0.0101. The molecule has 1 atom stereocenters. The van der Waals surface area contributed by atoms with Crippen molar-refractivity contribution in [3.05, 3.63) is 27.7 Å². The molecule has 1 amide bonds. The van der Waals surface area contributed by atoms with E-state index >= 15 is 0 Å². The summed E-state index contributed by atoms with van der Waals surface area (Å²) in [7, 11) is 1.86. The number of carbonyl (C=O) groups excluding carboxylic acids is 1. The van der Waals surface area contributed by atoms with Crippen LogP contribution >= 0.6 is 15.9 Å². The lowest BCUT2D eigenvalue weighted by Gasteiger charge is -2.31. The van der Waals surface area contributed by atoms with Gasteiger partial charge in [-0.15, -0.1) is 0 Å². The van der Waals surface area contributed by atoms with Gasteiger partial charge in [-0.05, 0) is 67.2 Å². The molecular formula is C19H26BrF3N2O2. The quantitative estimate of drug-likeness (QED) is 0.611. The van der Waals surface area contributed by atoms with Gasteiger partial charge in [0.25, 0.3) is 0 Å². The number of aryl methyl sites for hydroxylation is 1. The van der Waals surface area contributed by atoms with Gasteiger partial charge in [-0.25, -0.2) is 4.79 Å². The highest BCUT2D eigenvalue weighted by Crippen LogP contribution is 2.39. The fraction of sp³-hybridized carbons (Fsp3) is 0.632. The number of benzene rings is 1. The maximum absolute atomic E-state index is 13.1. The molecule has 1 aliphatic rings. The number of ether oxygens (including phenoxy) is 1. The maximum Gasteiger partial charge on any atom is 0.416 e. The van der Waals surface area contributed by atoms with Gasteiger partial charge in [-0.3, -0.25) is 0 Å². The summed E-state index contributed by atoms with van der Waals surface area (Å²) in [5, 5.41) is 0. The van der Waals surface area contributed by atoms with Crippen LogP contribution in [0, 0.1) is 0 Å². The zero-order valence-corrected chi connectivity index (χ0v) is 17.9. The molecule has 0 N–H and O–H groups in total. The van der Waals surface area contributed by atoms with Crippen molar-refractivity contribution in [2.24, 2.45) is 0 Å². The van der Waals surface area contributed by atoms with Crippen LogP contribution in [-0.2, 0) is 17.3 Å². The fourth-order valence-corrected chi connectivity index (χ4v) is 4.00. The van der Waals surface area contributed by atoms with Crippen LogP contribution in [0.3, 0.4) is 0 Å². The number of likely N-dealkylation sites (N-methyl/N-ethyl adjacent to an activating group) is 1. The molecule has 0 saturated carbocycles. The Balaban J connectivity index is 2.21. The number of likely N-dealkylation sites (tertiary alicyclic amines) is 1. The van der Waals surface area contributed by atoms with E-state index in [0.717, 1.165) is 18.2 Å². The highest BCUT2D eigenvalue weighted by atomic mass is 79.9. The molecular weight excluding hydrogens is 425 g/mol. The zero-order chi connectivity index (χ0) is 20.6. The number of hydrogen-bond donors (Lipinski definition) is 0. The summed E-state index contributed by atoms with van der Waals surface area (Å²) in [6, 6.07) is 2.33. The summed E-state index contributed by atoms with van der Waals surface area (Å²) in [5.74, 6) is 0. The van der Waals surface area contributed by atoms with Crippen molar-refractivity contribution in [3.63, 3.8) is 0 Å². The van der Waals surface area contributed by atoms with Crippen molar-refractivity contribution in [3.8, 4) is 0 Å². The second kappa shape index (κ2) is 7.89. The van der Waals surface area contributed by atoms with Crippen molar-refractivity contribution in [2.45, 2.75) is 58.4 Å². The summed E-state index contributed by atoms with van der Waals surface area (Å²) in [6.07, 6.45) is -3.54. The lowest BCUT2D eigenvalue weighted by Crippen LogP contribution is -2.39. The van der Waals surface area contributed by atoms with E-state index in [1.165, 1.54) is 6.07 Å². The first-order valence-corrected chi connectivity index (χ1v) is 9.73. The molecule has 2 rings (SSSR count). The predicted octanol–water partition coefficient (Wildman–Crippen LogP) is 5.48. The van der Waals surface area contributed by atoms with Crippen molar-refractivity contribution >= 4 is 27.7 Å². The normalized spacial score (nSPS) is 18.0. The van der Waals surface area contributed by atoms with Gasteiger partial charge in [0, 0.05) is 30.7 Å². The van der Waals surface area contributed by atoms with Gasteiger partial charge in [0.05, 0.1) is 11.3 Å². The molecule has 27 heavy (non-hydrogen) atoms. The highest BCUT2D eigenvalue weighted by molar-refractivity contribution is 9.10. The summed E-state index contributed by atoms with van der Waals surface area (Å²) < 4.78 is 45.1. The van der Waals surface area contributed by atoms with Gasteiger partial charge in [0.2, 0.25) is 0 Å². The van der Waals surface area contributed by atoms with Crippen LogP contribution < -0.4 is 4.90 Å². The minimum atomic E-state index is -4.38. The number of amides is 1. The molecule has 0 bridgehead atoms. The van der Waals surface area contributed by atoms with E-state index in [-0.39, 0.29) is 12.1 Å². The molecule has 1 heterocycles. The molecule has 4 nitrogen and oxygen atoms in total. The van der Waals surface area contributed by atoms with E-state index in [1.807, 2.05) is 39.6 Å². The van der Waals surface area contributed by atoms with E-state index in [1.54, 1.807) is 4.90 Å². The molecule has 0 radical (unpaired) electrons. The monoisotopic (exact) mass is 450 g/mol. The average molecular weight is 451 g/mol. The topological polar surface area (TPSA) is 32.8 Å². The standard InChI is InChI=1S/C19H26BrF3N2O2/c1-6-12-9-13(19(21,22)23)10-15(20)16(12)24(5)14-7-8-25(11-14)17(26)27-18(2,3)4/h9-10,14H,6-8,11H2,1-5H3. The largest absolute Gasteiger partial charge is 0.444 e. The van der Waals surface area contributed by atoms with E-state index in [0.29, 0.717) is 29.5 Å². The third-order valence-corrected chi connectivity index (χ3v) is 5.17. The molecule has 152 valence electrons. The van der Waals surface area contributed by atoms with Crippen molar-refractivity contribution in [1.29, 1.82) is 0 Å². The third kappa shape index (κ3) is 5.30. The Kier molecular flexibility index (Phi) is 6.39. The fourth-order valence-electron chi connectivity index (χ4n) is 3.22. The van der Waals surface area contributed by atoms with Gasteiger partial charge in [-0.1, -0.05) is 6.92 Å². The van der Waals surface area contributed by atoms with Crippen LogP contribution in [-0.4, -0.2) is 42.8 Å². The number of alkyl halides is 3. The van der Waals surface area contributed by atoms with Crippen LogP contribution in [0.5, 0.6) is 0 Å². The third-order valence-electron chi connectivity index (χ3n) is 4.57. The Hall–Kier alpha value is -1.44. The minimum Gasteiger partial charge on any atom is -0.444 e. The number of rotatable bonds is 3.